The first-order valence-corrected chi connectivity index (χ1v) is 5.82. The molecule has 1 aromatic heterocycles. The van der Waals surface area contributed by atoms with Crippen LogP contribution in [0.15, 0.2) is 24.5 Å². The normalized spacial score (nSPS) is 14.3. The van der Waals surface area contributed by atoms with Crippen LogP contribution in [-0.2, 0) is 6.42 Å². The number of rotatable bonds is 1. The minimum atomic E-state index is -0.168. The molecule has 6 nitrogen and oxygen atoms in total. The van der Waals surface area contributed by atoms with Gasteiger partial charge in [-0.05, 0) is 30.5 Å². The number of hydrogen-bond donors (Lipinski definition) is 2. The van der Waals surface area contributed by atoms with Gasteiger partial charge in [-0.3, -0.25) is 9.89 Å². The van der Waals surface area contributed by atoms with Crippen molar-refractivity contribution in [2.24, 2.45) is 0 Å². The van der Waals surface area contributed by atoms with E-state index in [0.29, 0.717) is 6.54 Å². The predicted octanol–water partition coefficient (Wildman–Crippen LogP) is 0.980. The summed E-state index contributed by atoms with van der Waals surface area (Å²) in [6, 6.07) is 5.64. The van der Waals surface area contributed by atoms with Crippen LogP contribution in [0.3, 0.4) is 0 Å². The van der Waals surface area contributed by atoms with E-state index in [1.165, 1.54) is 6.33 Å². The molecule has 1 aromatic carbocycles. The second-order valence-corrected chi connectivity index (χ2v) is 4.24. The standard InChI is InChI=1S/C12H13N5O/c13-9-4-1-5-10-8(9)3-2-6-17(10)12(18)11-14-7-15-16-11/h1,4-5,7H,2-3,6,13H2,(H,14,15,16). The van der Waals surface area contributed by atoms with Gasteiger partial charge >= 0.3 is 0 Å². The van der Waals surface area contributed by atoms with Gasteiger partial charge < -0.3 is 10.6 Å². The van der Waals surface area contributed by atoms with Crippen LogP contribution in [0, 0.1) is 0 Å². The molecule has 0 radical (unpaired) electrons. The highest BCUT2D eigenvalue weighted by atomic mass is 16.2. The molecule has 18 heavy (non-hydrogen) atoms. The maximum atomic E-state index is 12.3. The lowest BCUT2D eigenvalue weighted by Gasteiger charge is -2.29. The van der Waals surface area contributed by atoms with Crippen molar-refractivity contribution < 1.29 is 4.79 Å². The second kappa shape index (κ2) is 4.14. The van der Waals surface area contributed by atoms with Crippen molar-refractivity contribution in [2.75, 3.05) is 17.2 Å². The van der Waals surface area contributed by atoms with E-state index in [1.807, 2.05) is 18.2 Å². The summed E-state index contributed by atoms with van der Waals surface area (Å²) >= 11 is 0. The number of hydrogen-bond acceptors (Lipinski definition) is 4. The quantitative estimate of drug-likeness (QED) is 0.731. The SMILES string of the molecule is Nc1cccc2c1CCCN2C(=O)c1ncn[nH]1. The fourth-order valence-electron chi connectivity index (χ4n) is 2.30. The number of anilines is 2. The molecule has 2 heterocycles. The van der Waals surface area contributed by atoms with E-state index in [2.05, 4.69) is 15.2 Å². The summed E-state index contributed by atoms with van der Waals surface area (Å²) in [5, 5.41) is 6.30. The highest BCUT2D eigenvalue weighted by molar-refractivity contribution is 6.04. The Hall–Kier alpha value is -2.37. The molecular formula is C12H13N5O. The molecule has 0 unspecified atom stereocenters. The van der Waals surface area contributed by atoms with E-state index in [4.69, 9.17) is 5.73 Å². The fourth-order valence-corrected chi connectivity index (χ4v) is 2.30. The van der Waals surface area contributed by atoms with Gasteiger partial charge in [0.15, 0.2) is 0 Å². The van der Waals surface area contributed by atoms with Crippen molar-refractivity contribution >= 4 is 17.3 Å². The van der Waals surface area contributed by atoms with Crippen LogP contribution in [0.5, 0.6) is 0 Å². The van der Waals surface area contributed by atoms with Crippen molar-refractivity contribution in [1.82, 2.24) is 15.2 Å². The van der Waals surface area contributed by atoms with E-state index < -0.39 is 0 Å². The van der Waals surface area contributed by atoms with Crippen molar-refractivity contribution in [3.8, 4) is 0 Å². The van der Waals surface area contributed by atoms with E-state index in [1.54, 1.807) is 4.90 Å². The molecule has 0 bridgehead atoms. The number of nitrogens with two attached hydrogens (primary N) is 1. The minimum absolute atomic E-state index is 0.168. The largest absolute Gasteiger partial charge is 0.398 e. The Morgan fingerprint density at radius 2 is 2.33 bits per heavy atom. The number of nitrogen functional groups attached to an aromatic ring is 1. The zero-order valence-corrected chi connectivity index (χ0v) is 9.76. The van der Waals surface area contributed by atoms with Gasteiger partial charge in [0.1, 0.15) is 6.33 Å². The Labute approximate surface area is 104 Å². The van der Waals surface area contributed by atoms with Gasteiger partial charge in [0.05, 0.1) is 0 Å². The van der Waals surface area contributed by atoms with Gasteiger partial charge in [0, 0.05) is 17.9 Å². The van der Waals surface area contributed by atoms with Crippen molar-refractivity contribution in [3.05, 3.63) is 35.9 Å². The molecule has 0 saturated carbocycles. The Morgan fingerprint density at radius 3 is 3.11 bits per heavy atom. The number of carbonyl (C=O) groups is 1. The number of benzene rings is 1. The third kappa shape index (κ3) is 1.62. The highest BCUT2D eigenvalue weighted by Gasteiger charge is 2.26. The number of nitrogens with one attached hydrogen (secondary N) is 1. The molecule has 0 saturated heterocycles. The third-order valence-electron chi connectivity index (χ3n) is 3.15. The van der Waals surface area contributed by atoms with Crippen LogP contribution >= 0.6 is 0 Å². The summed E-state index contributed by atoms with van der Waals surface area (Å²) in [5.74, 6) is 0.0873. The lowest BCUT2D eigenvalue weighted by molar-refractivity contribution is 0.0975. The molecule has 3 rings (SSSR count). The maximum Gasteiger partial charge on any atom is 0.295 e. The van der Waals surface area contributed by atoms with Gasteiger partial charge in [-0.15, -0.1) is 0 Å². The smallest absolute Gasteiger partial charge is 0.295 e. The molecule has 1 aliphatic rings. The topological polar surface area (TPSA) is 87.9 Å². The molecule has 1 aliphatic heterocycles. The molecule has 3 N–H and O–H groups in total. The van der Waals surface area contributed by atoms with Crippen LogP contribution in [0.25, 0.3) is 0 Å². The Bertz CT molecular complexity index is 578. The number of H-pyrrole nitrogens is 1. The zero-order valence-electron chi connectivity index (χ0n) is 9.76. The van der Waals surface area contributed by atoms with Crippen LogP contribution in [0.2, 0.25) is 0 Å². The number of aromatic amines is 1. The number of nitrogens with zero attached hydrogens (tertiary/aromatic N) is 3. The summed E-state index contributed by atoms with van der Waals surface area (Å²) in [6.07, 6.45) is 3.14. The van der Waals surface area contributed by atoms with E-state index in [-0.39, 0.29) is 11.7 Å². The molecule has 0 atom stereocenters. The molecule has 2 aromatic rings. The molecule has 6 heteroatoms. The minimum Gasteiger partial charge on any atom is -0.398 e. The lowest BCUT2D eigenvalue weighted by atomic mass is 10.00. The van der Waals surface area contributed by atoms with Crippen LogP contribution < -0.4 is 10.6 Å². The fraction of sp³-hybridized carbons (Fsp3) is 0.250. The average Bonchev–Trinajstić information content (AvgIpc) is 2.92. The van der Waals surface area contributed by atoms with Gasteiger partial charge in [-0.2, -0.15) is 5.10 Å². The molecule has 1 amide bonds. The van der Waals surface area contributed by atoms with Gasteiger partial charge in [-0.25, -0.2) is 4.98 Å². The summed E-state index contributed by atoms with van der Waals surface area (Å²) in [7, 11) is 0. The summed E-state index contributed by atoms with van der Waals surface area (Å²) in [4.78, 5) is 17.9. The molecular weight excluding hydrogens is 230 g/mol. The Kier molecular flexibility index (Phi) is 2.47. The van der Waals surface area contributed by atoms with Crippen LogP contribution in [0.1, 0.15) is 22.6 Å². The van der Waals surface area contributed by atoms with E-state index in [9.17, 15) is 4.79 Å². The Morgan fingerprint density at radius 1 is 1.44 bits per heavy atom. The number of amides is 1. The monoisotopic (exact) mass is 243 g/mol. The summed E-state index contributed by atoms with van der Waals surface area (Å²) in [6.45, 7) is 0.677. The number of aromatic nitrogens is 3. The number of carbonyl (C=O) groups excluding carboxylic acids is 1. The molecule has 0 aliphatic carbocycles. The predicted molar refractivity (Wildman–Crippen MR) is 67.2 cm³/mol. The first-order valence-electron chi connectivity index (χ1n) is 5.82. The molecule has 92 valence electrons. The Balaban J connectivity index is 2.02. The number of fused-ring (bicyclic) bond motifs is 1. The van der Waals surface area contributed by atoms with Gasteiger partial charge in [0.2, 0.25) is 5.82 Å². The zero-order chi connectivity index (χ0) is 12.5. The highest BCUT2D eigenvalue weighted by Crippen LogP contribution is 2.31. The summed E-state index contributed by atoms with van der Waals surface area (Å²) in [5.41, 5.74) is 8.60. The maximum absolute atomic E-state index is 12.3. The molecule has 0 fully saturated rings. The van der Waals surface area contributed by atoms with E-state index in [0.717, 1.165) is 29.8 Å². The average molecular weight is 243 g/mol. The van der Waals surface area contributed by atoms with Crippen molar-refractivity contribution in [1.29, 1.82) is 0 Å². The van der Waals surface area contributed by atoms with E-state index >= 15 is 0 Å². The summed E-state index contributed by atoms with van der Waals surface area (Å²) < 4.78 is 0. The van der Waals surface area contributed by atoms with Gasteiger partial charge in [-0.1, -0.05) is 6.07 Å². The van der Waals surface area contributed by atoms with Crippen LogP contribution in [0.4, 0.5) is 11.4 Å². The van der Waals surface area contributed by atoms with Crippen molar-refractivity contribution in [2.45, 2.75) is 12.8 Å². The van der Waals surface area contributed by atoms with Crippen molar-refractivity contribution in [3.63, 3.8) is 0 Å². The lowest BCUT2D eigenvalue weighted by Crippen LogP contribution is -2.36. The second-order valence-electron chi connectivity index (χ2n) is 4.24. The molecule has 0 spiro atoms. The van der Waals surface area contributed by atoms with Crippen LogP contribution in [-0.4, -0.2) is 27.6 Å². The first-order chi connectivity index (χ1) is 8.77. The van der Waals surface area contributed by atoms with Gasteiger partial charge in [0.25, 0.3) is 5.91 Å². The first kappa shape index (κ1) is 10.8. The third-order valence-corrected chi connectivity index (χ3v) is 3.15.